The summed E-state index contributed by atoms with van der Waals surface area (Å²) < 4.78 is 48.1. The number of sulfone groups is 1. The Hall–Kier alpha value is -1.19. The highest BCUT2D eigenvalue weighted by Crippen LogP contribution is 2.18. The van der Waals surface area contributed by atoms with Gasteiger partial charge in [-0.1, -0.05) is 0 Å². The van der Waals surface area contributed by atoms with Gasteiger partial charge in [-0.2, -0.15) is 4.31 Å². The Morgan fingerprint density at radius 2 is 1.89 bits per heavy atom. The van der Waals surface area contributed by atoms with E-state index >= 15 is 0 Å². The molecule has 100 valence electrons. The molecule has 2 rings (SSSR count). The number of pyridine rings is 1. The van der Waals surface area contributed by atoms with Crippen LogP contribution in [0, 0.1) is 0 Å². The first kappa shape index (κ1) is 13.2. The van der Waals surface area contributed by atoms with Crippen LogP contribution in [0.25, 0.3) is 0 Å². The van der Waals surface area contributed by atoms with Crippen LogP contribution in [0.2, 0.25) is 0 Å². The quantitative estimate of drug-likeness (QED) is 0.754. The van der Waals surface area contributed by atoms with Gasteiger partial charge < -0.3 is 5.73 Å². The minimum absolute atomic E-state index is 0.0209. The lowest BCUT2D eigenvalue weighted by Crippen LogP contribution is -2.43. The summed E-state index contributed by atoms with van der Waals surface area (Å²) >= 11 is 0. The van der Waals surface area contributed by atoms with E-state index in [9.17, 15) is 16.8 Å². The van der Waals surface area contributed by atoms with Gasteiger partial charge in [0.1, 0.15) is 5.82 Å². The van der Waals surface area contributed by atoms with Crippen LogP contribution in [-0.4, -0.2) is 50.7 Å². The Morgan fingerprint density at radius 1 is 1.28 bits per heavy atom. The van der Waals surface area contributed by atoms with Crippen molar-refractivity contribution >= 4 is 25.7 Å². The summed E-state index contributed by atoms with van der Waals surface area (Å²) in [5, 5.41) is 0. The number of nitrogen functional groups attached to an aromatic ring is 1. The van der Waals surface area contributed by atoms with E-state index < -0.39 is 19.9 Å². The second-order valence-corrected chi connectivity index (χ2v) is 8.21. The zero-order chi connectivity index (χ0) is 13.4. The molecule has 1 aliphatic heterocycles. The van der Waals surface area contributed by atoms with Crippen LogP contribution in [0.5, 0.6) is 0 Å². The molecule has 1 saturated heterocycles. The predicted molar refractivity (Wildman–Crippen MR) is 66.1 cm³/mol. The van der Waals surface area contributed by atoms with Crippen molar-refractivity contribution in [2.75, 3.05) is 30.3 Å². The lowest BCUT2D eigenvalue weighted by atomic mass is 10.5. The Balaban J connectivity index is 2.28. The lowest BCUT2D eigenvalue weighted by molar-refractivity contribution is 0.430. The van der Waals surface area contributed by atoms with E-state index in [1.807, 2.05) is 0 Å². The number of anilines is 1. The maximum absolute atomic E-state index is 12.2. The third-order valence-electron chi connectivity index (χ3n) is 2.69. The maximum Gasteiger partial charge on any atom is 0.243 e. The molecule has 2 heterocycles. The molecule has 2 N–H and O–H groups in total. The third kappa shape index (κ3) is 2.62. The first-order valence-electron chi connectivity index (χ1n) is 5.23. The van der Waals surface area contributed by atoms with E-state index in [2.05, 4.69) is 4.98 Å². The molecule has 0 spiro atoms. The van der Waals surface area contributed by atoms with Gasteiger partial charge in [-0.3, -0.25) is 0 Å². The number of hydrogen-bond acceptors (Lipinski definition) is 6. The molecule has 0 aromatic carbocycles. The van der Waals surface area contributed by atoms with Gasteiger partial charge >= 0.3 is 0 Å². The van der Waals surface area contributed by atoms with Gasteiger partial charge in [0.2, 0.25) is 10.0 Å². The van der Waals surface area contributed by atoms with E-state index in [4.69, 9.17) is 5.73 Å². The Bertz CT molecular complexity index is 640. The molecule has 0 amide bonds. The van der Waals surface area contributed by atoms with Crippen LogP contribution in [0.3, 0.4) is 0 Å². The summed E-state index contributed by atoms with van der Waals surface area (Å²) in [5.74, 6) is -0.180. The predicted octanol–water partition coefficient (Wildman–Crippen LogP) is -0.917. The van der Waals surface area contributed by atoms with Crippen LogP contribution in [0.4, 0.5) is 5.82 Å². The van der Waals surface area contributed by atoms with Crippen LogP contribution in [-0.2, 0) is 19.9 Å². The average molecular weight is 291 g/mol. The summed E-state index contributed by atoms with van der Waals surface area (Å²) in [5.41, 5.74) is 5.44. The molecule has 0 bridgehead atoms. The van der Waals surface area contributed by atoms with Crippen LogP contribution in [0.15, 0.2) is 23.2 Å². The fourth-order valence-corrected chi connectivity index (χ4v) is 4.57. The maximum atomic E-state index is 12.2. The smallest absolute Gasteiger partial charge is 0.243 e. The van der Waals surface area contributed by atoms with Crippen molar-refractivity contribution in [2.45, 2.75) is 4.90 Å². The van der Waals surface area contributed by atoms with Crippen molar-refractivity contribution in [3.63, 3.8) is 0 Å². The zero-order valence-corrected chi connectivity index (χ0v) is 11.1. The molecular formula is C9H13N3O4S2. The fourth-order valence-electron chi connectivity index (χ4n) is 1.67. The first-order chi connectivity index (χ1) is 8.31. The molecule has 18 heavy (non-hydrogen) atoms. The van der Waals surface area contributed by atoms with Crippen LogP contribution in [0.1, 0.15) is 0 Å². The molecule has 9 heteroatoms. The van der Waals surface area contributed by atoms with Crippen molar-refractivity contribution in [3.8, 4) is 0 Å². The number of sulfonamides is 1. The Morgan fingerprint density at radius 3 is 2.44 bits per heavy atom. The van der Waals surface area contributed by atoms with Crippen LogP contribution < -0.4 is 5.73 Å². The molecule has 7 nitrogen and oxygen atoms in total. The topological polar surface area (TPSA) is 110 Å². The first-order valence-corrected chi connectivity index (χ1v) is 8.49. The highest BCUT2D eigenvalue weighted by Gasteiger charge is 2.31. The Labute approximate surface area is 106 Å². The number of nitrogens with two attached hydrogens (primary N) is 1. The monoisotopic (exact) mass is 291 g/mol. The standard InChI is InChI=1S/C9H13N3O4S2/c10-9-7-8(1-2-11-9)18(15,16)12-3-5-17(13,14)6-4-12/h1-2,7H,3-6H2,(H2,10,11). The Kier molecular flexibility index (Phi) is 3.30. The number of aromatic nitrogens is 1. The summed E-state index contributed by atoms with van der Waals surface area (Å²) in [6.07, 6.45) is 1.31. The van der Waals surface area contributed by atoms with E-state index in [0.29, 0.717) is 0 Å². The van der Waals surface area contributed by atoms with Gasteiger partial charge in [-0.15, -0.1) is 0 Å². The van der Waals surface area contributed by atoms with Crippen molar-refractivity contribution in [2.24, 2.45) is 0 Å². The van der Waals surface area contributed by atoms with Gasteiger partial charge in [-0.25, -0.2) is 21.8 Å². The highest BCUT2D eigenvalue weighted by molar-refractivity contribution is 7.92. The van der Waals surface area contributed by atoms with E-state index in [0.717, 1.165) is 4.31 Å². The van der Waals surface area contributed by atoms with Crippen molar-refractivity contribution in [1.29, 1.82) is 0 Å². The minimum Gasteiger partial charge on any atom is -0.384 e. The largest absolute Gasteiger partial charge is 0.384 e. The number of hydrogen-bond donors (Lipinski definition) is 1. The second-order valence-electron chi connectivity index (χ2n) is 3.97. The van der Waals surface area contributed by atoms with E-state index in [1.54, 1.807) is 0 Å². The number of nitrogens with zero attached hydrogens (tertiary/aromatic N) is 2. The molecule has 1 fully saturated rings. The summed E-state index contributed by atoms with van der Waals surface area (Å²) in [6.45, 7) is -0.0419. The summed E-state index contributed by atoms with van der Waals surface area (Å²) in [4.78, 5) is 3.76. The molecule has 0 aliphatic carbocycles. The molecule has 0 atom stereocenters. The molecule has 0 saturated carbocycles. The fraction of sp³-hybridized carbons (Fsp3) is 0.444. The lowest BCUT2D eigenvalue weighted by Gasteiger charge is -2.25. The molecule has 0 radical (unpaired) electrons. The summed E-state index contributed by atoms with van der Waals surface area (Å²) in [6, 6.07) is 2.60. The molecule has 1 aliphatic rings. The van der Waals surface area contributed by atoms with Gasteiger partial charge in [-0.05, 0) is 6.07 Å². The minimum atomic E-state index is -3.69. The van der Waals surface area contributed by atoms with Crippen LogP contribution >= 0.6 is 0 Å². The van der Waals surface area contributed by atoms with Gasteiger partial charge in [0.25, 0.3) is 0 Å². The van der Waals surface area contributed by atoms with E-state index in [1.165, 1.54) is 18.3 Å². The average Bonchev–Trinajstić information content (AvgIpc) is 2.28. The van der Waals surface area contributed by atoms with Crippen molar-refractivity contribution in [1.82, 2.24) is 9.29 Å². The number of rotatable bonds is 2. The van der Waals surface area contributed by atoms with Gasteiger partial charge in [0.15, 0.2) is 9.84 Å². The molecule has 1 aromatic heterocycles. The SMILES string of the molecule is Nc1cc(S(=O)(=O)N2CCS(=O)(=O)CC2)ccn1. The molecule has 0 unspecified atom stereocenters. The summed E-state index contributed by atoms with van der Waals surface area (Å²) in [7, 11) is -6.80. The normalized spacial score (nSPS) is 20.7. The van der Waals surface area contributed by atoms with Crippen molar-refractivity contribution < 1.29 is 16.8 Å². The van der Waals surface area contributed by atoms with Crippen molar-refractivity contribution in [3.05, 3.63) is 18.3 Å². The zero-order valence-electron chi connectivity index (χ0n) is 9.48. The highest BCUT2D eigenvalue weighted by atomic mass is 32.2. The van der Waals surface area contributed by atoms with E-state index in [-0.39, 0.29) is 35.3 Å². The molecular weight excluding hydrogens is 278 g/mol. The third-order valence-corrected chi connectivity index (χ3v) is 6.20. The van der Waals surface area contributed by atoms with Gasteiger partial charge in [0, 0.05) is 25.4 Å². The molecule has 1 aromatic rings. The second kappa shape index (κ2) is 4.48. The van der Waals surface area contributed by atoms with Gasteiger partial charge in [0.05, 0.1) is 16.4 Å².